The van der Waals surface area contributed by atoms with Crippen LogP contribution in [0.2, 0.25) is 18.1 Å². The Morgan fingerprint density at radius 3 is 1.26 bits per heavy atom. The molecule has 0 heterocycles. The van der Waals surface area contributed by atoms with Crippen LogP contribution in [0.1, 0.15) is 33.1 Å². The van der Waals surface area contributed by atoms with Crippen LogP contribution in [0.4, 0.5) is 0 Å². The minimum atomic E-state index is -1.43. The van der Waals surface area contributed by atoms with Gasteiger partial charge in [0.25, 0.3) is 0 Å². The van der Waals surface area contributed by atoms with Gasteiger partial charge in [-0.15, -0.1) is 18.1 Å². The van der Waals surface area contributed by atoms with Gasteiger partial charge in [0.2, 0.25) is 0 Å². The molecule has 0 aromatic rings. The van der Waals surface area contributed by atoms with Crippen molar-refractivity contribution in [2.45, 2.75) is 51.2 Å². The maximum atomic E-state index is 6.21. The molecular weight excluding hydrogens is 346 g/mol. The molecular formula is C13H34N3O4Si3-3. The maximum Gasteiger partial charge on any atom is 0.000499 e. The lowest BCUT2D eigenvalue weighted by Gasteiger charge is -2.53. The number of rotatable bonds is 17. The van der Waals surface area contributed by atoms with Gasteiger partial charge in [0, 0.05) is 13.2 Å². The fourth-order valence-electron chi connectivity index (χ4n) is 1.74. The summed E-state index contributed by atoms with van der Waals surface area (Å²) in [4.78, 5) is 0. The van der Waals surface area contributed by atoms with E-state index in [-0.39, 0.29) is 0 Å². The van der Waals surface area contributed by atoms with Crippen LogP contribution in [0.25, 0.3) is 0 Å². The second-order valence-electron chi connectivity index (χ2n) is 4.86. The molecule has 0 unspecified atom stereocenters. The molecule has 0 saturated heterocycles. The first kappa shape index (κ1) is 23.4. The topological polar surface area (TPSA) is 115 Å². The van der Waals surface area contributed by atoms with Crippen molar-refractivity contribution in [3.05, 3.63) is 0 Å². The van der Waals surface area contributed by atoms with Crippen molar-refractivity contribution in [2.75, 3.05) is 32.8 Å². The molecule has 0 aliphatic carbocycles. The van der Waals surface area contributed by atoms with Crippen LogP contribution in [0.3, 0.4) is 0 Å². The zero-order valence-electron chi connectivity index (χ0n) is 14.6. The Bertz CT molecular complexity index is 239. The zero-order valence-corrected chi connectivity index (χ0v) is 17.6. The molecule has 0 radical (unpaired) electrons. The third-order valence-corrected chi connectivity index (χ3v) is 9.97. The summed E-state index contributed by atoms with van der Waals surface area (Å²) in [6, 6.07) is 2.62. The molecule has 23 heavy (non-hydrogen) atoms. The van der Waals surface area contributed by atoms with Crippen molar-refractivity contribution in [2.24, 2.45) is 17.2 Å². The van der Waals surface area contributed by atoms with Gasteiger partial charge in [0.15, 0.2) is 0 Å². The predicted molar refractivity (Wildman–Crippen MR) is 98.1 cm³/mol. The highest BCUT2D eigenvalue weighted by molar-refractivity contribution is 6.65. The molecule has 0 saturated carbocycles. The smallest absolute Gasteiger partial charge is 0.000499 e. The van der Waals surface area contributed by atoms with E-state index in [2.05, 4.69) is 0 Å². The maximum absolute atomic E-state index is 6.21. The summed E-state index contributed by atoms with van der Waals surface area (Å²) >= 11 is 0. The summed E-state index contributed by atoms with van der Waals surface area (Å²) < 4.78 is 24.0. The first-order chi connectivity index (χ1) is 11.2. The largest absolute Gasteiger partial charge is 0.764 e. The van der Waals surface area contributed by atoms with E-state index < -0.39 is 27.9 Å². The predicted octanol–water partition coefficient (Wildman–Crippen LogP) is 0.604. The van der Waals surface area contributed by atoms with Crippen molar-refractivity contribution >= 4 is 27.9 Å². The molecule has 140 valence electrons. The summed E-state index contributed by atoms with van der Waals surface area (Å²) in [5.41, 5.74) is 16.8. The summed E-state index contributed by atoms with van der Waals surface area (Å²) in [6.45, 7) is 7.23. The minimum Gasteiger partial charge on any atom is -0.764 e. The molecule has 0 aromatic carbocycles. The van der Waals surface area contributed by atoms with Crippen LogP contribution in [0, 0.1) is 0 Å². The average molecular weight is 381 g/mol. The van der Waals surface area contributed by atoms with Gasteiger partial charge in [-0.25, -0.2) is 0 Å². The van der Waals surface area contributed by atoms with Crippen LogP contribution in [-0.4, -0.2) is 60.7 Å². The van der Waals surface area contributed by atoms with E-state index in [0.29, 0.717) is 32.8 Å². The van der Waals surface area contributed by atoms with Gasteiger partial charge in [-0.3, -0.25) is 0 Å². The average Bonchev–Trinajstić information content (AvgIpc) is 2.55. The van der Waals surface area contributed by atoms with E-state index in [9.17, 15) is 0 Å². The lowest BCUT2D eigenvalue weighted by molar-refractivity contribution is 0.240. The Labute approximate surface area is 146 Å². The molecule has 0 atom stereocenters. The van der Waals surface area contributed by atoms with E-state index in [1.54, 1.807) is 0 Å². The number of hydrogen-bond donors (Lipinski definition) is 3. The molecule has 0 bridgehead atoms. The fourth-order valence-corrected chi connectivity index (χ4v) is 8.83. The molecule has 10 heteroatoms. The van der Waals surface area contributed by atoms with Gasteiger partial charge >= 0.3 is 0 Å². The van der Waals surface area contributed by atoms with Crippen LogP contribution < -0.4 is 17.2 Å². The first-order valence-corrected chi connectivity index (χ1v) is 13.1. The minimum absolute atomic E-state index is 0.639. The molecule has 0 amide bonds. The van der Waals surface area contributed by atoms with Gasteiger partial charge in [-0.2, -0.15) is 0 Å². The zero-order chi connectivity index (χ0) is 17.3. The SMILES string of the molecule is CCO[Si-](CCCN)O[Si-](CCCN)O[Si-](CCCN)OCC. The van der Waals surface area contributed by atoms with Crippen molar-refractivity contribution in [3.8, 4) is 0 Å². The third-order valence-electron chi connectivity index (χ3n) is 2.82. The van der Waals surface area contributed by atoms with E-state index in [1.807, 2.05) is 13.8 Å². The molecule has 0 aliphatic rings. The summed E-state index contributed by atoms with van der Waals surface area (Å²) in [5.74, 6) is 0. The van der Waals surface area contributed by atoms with Crippen LogP contribution in [-0.2, 0) is 17.1 Å². The van der Waals surface area contributed by atoms with E-state index in [0.717, 1.165) is 37.4 Å². The highest BCUT2D eigenvalue weighted by Crippen LogP contribution is 2.12. The summed E-state index contributed by atoms with van der Waals surface area (Å²) in [7, 11) is -4.09. The summed E-state index contributed by atoms with van der Waals surface area (Å²) in [5, 5.41) is 0. The van der Waals surface area contributed by atoms with Gasteiger partial charge in [0.1, 0.15) is 0 Å². The Hall–Kier alpha value is 0.371. The quantitative estimate of drug-likeness (QED) is 0.317. The molecule has 6 N–H and O–H groups in total. The number of hydrogen-bond acceptors (Lipinski definition) is 7. The first-order valence-electron chi connectivity index (χ1n) is 8.50. The standard InChI is InChI=1S/C13H34N3O4Si3/c1-3-17-21(11-5-8-14)19-23(13-7-10-16)20-22(18-4-2)12-6-9-15/h3-16H2,1-2H3/q-3. The molecule has 0 spiro atoms. The van der Waals surface area contributed by atoms with Crippen molar-refractivity contribution in [3.63, 3.8) is 0 Å². The lowest BCUT2D eigenvalue weighted by Crippen LogP contribution is -2.40. The van der Waals surface area contributed by atoms with Crippen LogP contribution in [0.5, 0.6) is 0 Å². The van der Waals surface area contributed by atoms with Crippen molar-refractivity contribution in [1.82, 2.24) is 0 Å². The number of nitrogens with two attached hydrogens (primary N) is 3. The Balaban J connectivity index is 4.58. The van der Waals surface area contributed by atoms with Gasteiger partial charge in [-0.1, -0.05) is 19.3 Å². The lowest BCUT2D eigenvalue weighted by atomic mass is 10.5. The second kappa shape index (κ2) is 17.2. The van der Waals surface area contributed by atoms with Crippen molar-refractivity contribution in [1.29, 1.82) is 0 Å². The third kappa shape index (κ3) is 13.3. The van der Waals surface area contributed by atoms with E-state index >= 15 is 0 Å². The summed E-state index contributed by atoms with van der Waals surface area (Å²) in [6.07, 6.45) is 2.72. The molecule has 0 aliphatic heterocycles. The van der Waals surface area contributed by atoms with Gasteiger partial charge < -0.3 is 34.3 Å². The Morgan fingerprint density at radius 2 is 0.957 bits per heavy atom. The highest BCUT2D eigenvalue weighted by atomic mass is 28.4. The molecule has 0 rings (SSSR count). The van der Waals surface area contributed by atoms with Crippen LogP contribution in [0.15, 0.2) is 0 Å². The van der Waals surface area contributed by atoms with Gasteiger partial charge in [-0.05, 0) is 61.3 Å². The molecule has 0 fully saturated rings. The molecule has 7 nitrogen and oxygen atoms in total. The van der Waals surface area contributed by atoms with E-state index in [4.69, 9.17) is 34.3 Å². The second-order valence-corrected chi connectivity index (χ2v) is 10.8. The normalized spacial score (nSPS) is 12.0. The van der Waals surface area contributed by atoms with Crippen LogP contribution >= 0.6 is 0 Å². The van der Waals surface area contributed by atoms with E-state index in [1.165, 1.54) is 0 Å². The van der Waals surface area contributed by atoms with Gasteiger partial charge in [0.05, 0.1) is 0 Å². The highest BCUT2D eigenvalue weighted by Gasteiger charge is 2.01. The Kier molecular flexibility index (Phi) is 17.5. The van der Waals surface area contributed by atoms with Crippen molar-refractivity contribution < 1.29 is 17.1 Å². The monoisotopic (exact) mass is 380 g/mol. The fraction of sp³-hybridized carbons (Fsp3) is 1.00. The molecule has 0 aromatic heterocycles. The Morgan fingerprint density at radius 1 is 0.609 bits per heavy atom.